The lowest BCUT2D eigenvalue weighted by Gasteiger charge is -2.16. The minimum atomic E-state index is -0.554. The van der Waals surface area contributed by atoms with E-state index in [1.165, 1.54) is 7.05 Å². The quantitative estimate of drug-likeness (QED) is 0.571. The van der Waals surface area contributed by atoms with Crippen LogP contribution in [0.15, 0.2) is 24.3 Å². The topological polar surface area (TPSA) is 79.8 Å². The van der Waals surface area contributed by atoms with Gasteiger partial charge in [-0.25, -0.2) is 4.79 Å². The molecule has 0 saturated carbocycles. The largest absolute Gasteiger partial charge is 0.491 e. The predicted octanol–water partition coefficient (Wildman–Crippen LogP) is 1.71. The van der Waals surface area contributed by atoms with Crippen LogP contribution in [-0.2, 0) is 11.2 Å². The van der Waals surface area contributed by atoms with E-state index in [0.717, 1.165) is 17.7 Å². The number of benzene rings is 1. The lowest BCUT2D eigenvalue weighted by atomic mass is 10.1. The van der Waals surface area contributed by atoms with Crippen LogP contribution < -0.4 is 15.4 Å². The lowest BCUT2D eigenvalue weighted by Crippen LogP contribution is -2.35. The summed E-state index contributed by atoms with van der Waals surface area (Å²) in [6.45, 7) is 5.16. The summed E-state index contributed by atoms with van der Waals surface area (Å²) in [5.74, 6) is 0.760. The van der Waals surface area contributed by atoms with Gasteiger partial charge in [0.25, 0.3) is 0 Å². The maximum atomic E-state index is 11.0. The summed E-state index contributed by atoms with van der Waals surface area (Å²) >= 11 is 0. The predicted molar refractivity (Wildman–Crippen MR) is 89.8 cm³/mol. The third-order valence-electron chi connectivity index (χ3n) is 3.19. The summed E-state index contributed by atoms with van der Waals surface area (Å²) in [5.41, 5.74) is 1.04. The number of carbonyl (C=O) groups is 1. The monoisotopic (exact) mass is 324 g/mol. The van der Waals surface area contributed by atoms with Crippen molar-refractivity contribution in [3.63, 3.8) is 0 Å². The van der Waals surface area contributed by atoms with E-state index in [1.54, 1.807) is 0 Å². The standard InChI is InChI=1S/C17H28N2O4/c1-13(2)19-11-15(20)12-23-16-9-5-4-7-14(16)8-6-10-22-17(21)18-3/h4-5,7,9,13,15,19-20H,6,8,10-12H2,1-3H3,(H,18,21). The molecule has 0 radical (unpaired) electrons. The number of para-hydroxylation sites is 1. The zero-order valence-corrected chi connectivity index (χ0v) is 14.2. The van der Waals surface area contributed by atoms with E-state index in [9.17, 15) is 9.90 Å². The van der Waals surface area contributed by atoms with Crippen molar-refractivity contribution in [2.24, 2.45) is 0 Å². The number of amides is 1. The molecule has 0 aliphatic carbocycles. The Bertz CT molecular complexity index is 466. The normalized spacial score (nSPS) is 12.0. The maximum absolute atomic E-state index is 11.0. The Morgan fingerprint density at radius 1 is 1.30 bits per heavy atom. The average molecular weight is 324 g/mol. The fourth-order valence-electron chi connectivity index (χ4n) is 1.97. The first kappa shape index (κ1) is 19.3. The van der Waals surface area contributed by atoms with Crippen LogP contribution in [0.5, 0.6) is 5.75 Å². The first-order valence-corrected chi connectivity index (χ1v) is 7.99. The number of aliphatic hydroxyl groups excluding tert-OH is 1. The first-order chi connectivity index (χ1) is 11.0. The molecule has 1 rings (SSSR count). The van der Waals surface area contributed by atoms with E-state index >= 15 is 0 Å². The van der Waals surface area contributed by atoms with Gasteiger partial charge in [-0.15, -0.1) is 0 Å². The summed E-state index contributed by atoms with van der Waals surface area (Å²) in [7, 11) is 1.53. The number of aryl methyl sites for hydroxylation is 1. The number of nitrogens with one attached hydrogen (secondary N) is 2. The molecule has 6 heteroatoms. The summed E-state index contributed by atoms with van der Waals surface area (Å²) in [4.78, 5) is 11.0. The van der Waals surface area contributed by atoms with Gasteiger partial charge in [-0.05, 0) is 24.5 Å². The van der Waals surface area contributed by atoms with Crippen LogP contribution in [0.25, 0.3) is 0 Å². The molecule has 1 aromatic carbocycles. The third-order valence-corrected chi connectivity index (χ3v) is 3.19. The molecular weight excluding hydrogens is 296 g/mol. The summed E-state index contributed by atoms with van der Waals surface area (Å²) in [5, 5.41) is 15.5. The van der Waals surface area contributed by atoms with Crippen LogP contribution in [0, 0.1) is 0 Å². The van der Waals surface area contributed by atoms with Crippen molar-refractivity contribution in [3.8, 4) is 5.75 Å². The molecule has 0 spiro atoms. The number of alkyl carbamates (subject to hydrolysis) is 1. The van der Waals surface area contributed by atoms with Crippen molar-refractivity contribution in [2.75, 3.05) is 26.8 Å². The van der Waals surface area contributed by atoms with E-state index in [2.05, 4.69) is 10.6 Å². The Labute approximate surface area is 138 Å². The van der Waals surface area contributed by atoms with Crippen LogP contribution in [0.1, 0.15) is 25.8 Å². The highest BCUT2D eigenvalue weighted by Gasteiger charge is 2.09. The summed E-state index contributed by atoms with van der Waals surface area (Å²) in [6.07, 6.45) is 0.482. The van der Waals surface area contributed by atoms with Crippen molar-refractivity contribution in [3.05, 3.63) is 29.8 Å². The van der Waals surface area contributed by atoms with Crippen LogP contribution in [0.4, 0.5) is 4.79 Å². The maximum Gasteiger partial charge on any atom is 0.406 e. The molecule has 0 aliphatic heterocycles. The first-order valence-electron chi connectivity index (χ1n) is 7.99. The van der Waals surface area contributed by atoms with Crippen LogP contribution in [0.3, 0.4) is 0 Å². The highest BCUT2D eigenvalue weighted by molar-refractivity contribution is 5.66. The fraction of sp³-hybridized carbons (Fsp3) is 0.588. The molecule has 1 atom stereocenters. The molecule has 0 aliphatic rings. The van der Waals surface area contributed by atoms with Crippen molar-refractivity contribution >= 4 is 6.09 Å². The number of ether oxygens (including phenoxy) is 2. The molecule has 0 bridgehead atoms. The summed E-state index contributed by atoms with van der Waals surface area (Å²) < 4.78 is 10.7. The van der Waals surface area contributed by atoms with Gasteiger partial charge in [0.1, 0.15) is 18.5 Å². The zero-order chi connectivity index (χ0) is 17.1. The van der Waals surface area contributed by atoms with Gasteiger partial charge in [0.05, 0.1) is 6.61 Å². The van der Waals surface area contributed by atoms with E-state index in [4.69, 9.17) is 9.47 Å². The minimum Gasteiger partial charge on any atom is -0.491 e. The smallest absolute Gasteiger partial charge is 0.406 e. The molecule has 23 heavy (non-hydrogen) atoms. The highest BCUT2D eigenvalue weighted by Crippen LogP contribution is 2.19. The Balaban J connectivity index is 2.39. The third kappa shape index (κ3) is 8.42. The number of carbonyl (C=O) groups excluding carboxylic acids is 1. The highest BCUT2D eigenvalue weighted by atomic mass is 16.5. The van der Waals surface area contributed by atoms with Crippen molar-refractivity contribution < 1.29 is 19.4 Å². The van der Waals surface area contributed by atoms with Crippen LogP contribution in [0.2, 0.25) is 0 Å². The average Bonchev–Trinajstić information content (AvgIpc) is 2.55. The van der Waals surface area contributed by atoms with Gasteiger partial charge in [-0.2, -0.15) is 0 Å². The molecule has 0 saturated heterocycles. The van der Waals surface area contributed by atoms with E-state index in [-0.39, 0.29) is 6.61 Å². The molecule has 0 heterocycles. The molecule has 1 unspecified atom stereocenters. The van der Waals surface area contributed by atoms with Crippen LogP contribution in [-0.4, -0.2) is 50.2 Å². The zero-order valence-electron chi connectivity index (χ0n) is 14.2. The van der Waals surface area contributed by atoms with Gasteiger partial charge in [-0.3, -0.25) is 0 Å². The van der Waals surface area contributed by atoms with E-state index in [0.29, 0.717) is 25.6 Å². The molecule has 0 fully saturated rings. The van der Waals surface area contributed by atoms with E-state index in [1.807, 2.05) is 38.1 Å². The van der Waals surface area contributed by atoms with Gasteiger partial charge in [-0.1, -0.05) is 32.0 Å². The number of rotatable bonds is 10. The molecule has 130 valence electrons. The Morgan fingerprint density at radius 2 is 2.04 bits per heavy atom. The van der Waals surface area contributed by atoms with Crippen molar-refractivity contribution in [2.45, 2.75) is 38.8 Å². The molecule has 1 amide bonds. The summed E-state index contributed by atoms with van der Waals surface area (Å²) in [6, 6.07) is 8.04. The van der Waals surface area contributed by atoms with Gasteiger partial charge >= 0.3 is 6.09 Å². The molecule has 0 aromatic heterocycles. The van der Waals surface area contributed by atoms with Gasteiger partial charge in [0.2, 0.25) is 0 Å². The number of aliphatic hydroxyl groups is 1. The van der Waals surface area contributed by atoms with Crippen molar-refractivity contribution in [1.82, 2.24) is 10.6 Å². The molecular formula is C17H28N2O4. The van der Waals surface area contributed by atoms with Gasteiger partial charge in [0.15, 0.2) is 0 Å². The fourth-order valence-corrected chi connectivity index (χ4v) is 1.97. The Hall–Kier alpha value is -1.79. The second kappa shape index (κ2) is 10.9. The lowest BCUT2D eigenvalue weighted by molar-refractivity contribution is 0.104. The Kier molecular flexibility index (Phi) is 9.09. The molecule has 3 N–H and O–H groups in total. The van der Waals surface area contributed by atoms with Gasteiger partial charge in [0, 0.05) is 19.6 Å². The minimum absolute atomic E-state index is 0.242. The second-order valence-electron chi connectivity index (χ2n) is 5.62. The SMILES string of the molecule is CNC(=O)OCCCc1ccccc1OCC(O)CNC(C)C. The Morgan fingerprint density at radius 3 is 2.74 bits per heavy atom. The number of hydrogen-bond acceptors (Lipinski definition) is 5. The van der Waals surface area contributed by atoms with Crippen molar-refractivity contribution in [1.29, 1.82) is 0 Å². The van der Waals surface area contributed by atoms with Crippen LogP contribution >= 0.6 is 0 Å². The molecule has 1 aromatic rings. The van der Waals surface area contributed by atoms with E-state index < -0.39 is 12.2 Å². The number of hydrogen-bond donors (Lipinski definition) is 3. The van der Waals surface area contributed by atoms with Gasteiger partial charge < -0.3 is 25.2 Å². The molecule has 6 nitrogen and oxygen atoms in total. The second-order valence-corrected chi connectivity index (χ2v) is 5.62.